The number of hydrogen-bond donors (Lipinski definition) is 3. The van der Waals surface area contributed by atoms with Gasteiger partial charge in [0.05, 0.1) is 5.69 Å². The van der Waals surface area contributed by atoms with Crippen LogP contribution in [-0.4, -0.2) is 15.9 Å². The van der Waals surface area contributed by atoms with Gasteiger partial charge in [0.2, 0.25) is 0 Å². The second-order valence-electron chi connectivity index (χ2n) is 4.33. The summed E-state index contributed by atoms with van der Waals surface area (Å²) < 4.78 is 0.591. The Morgan fingerprint density at radius 1 is 1.30 bits per heavy atom. The summed E-state index contributed by atoms with van der Waals surface area (Å²) in [5, 5.41) is 3.69. The van der Waals surface area contributed by atoms with E-state index in [0.717, 1.165) is 10.9 Å². The molecule has 1 amide bonds. The fourth-order valence-electron chi connectivity index (χ4n) is 1.94. The molecule has 1 aromatic carbocycles. The quantitative estimate of drug-likeness (QED) is 0.498. The van der Waals surface area contributed by atoms with Crippen molar-refractivity contribution in [3.8, 4) is 0 Å². The number of carbonyl (C=O) groups is 1. The monoisotopic (exact) mass is 330 g/mol. The topological polar surface area (TPSA) is 83.8 Å². The van der Waals surface area contributed by atoms with Crippen molar-refractivity contribution in [1.82, 2.24) is 9.97 Å². The number of fused-ring (bicyclic) bond motifs is 1. The predicted octanol–water partition coefficient (Wildman–Crippen LogP) is 3.16. The second-order valence-corrected chi connectivity index (χ2v) is 5.08. The fourth-order valence-corrected chi connectivity index (χ4v) is 2.29. The Kier molecular flexibility index (Phi) is 3.15. The summed E-state index contributed by atoms with van der Waals surface area (Å²) in [6.45, 7) is 0. The Balaban J connectivity index is 1.91. The Morgan fingerprint density at radius 2 is 2.15 bits per heavy atom. The molecule has 0 saturated heterocycles. The Hall–Kier alpha value is -2.34. The first-order valence-corrected chi connectivity index (χ1v) is 6.73. The molecule has 5 nitrogen and oxygen atoms in total. The molecule has 4 N–H and O–H groups in total. The molecule has 2 aromatic heterocycles. The van der Waals surface area contributed by atoms with Crippen LogP contribution in [0.2, 0.25) is 0 Å². The van der Waals surface area contributed by atoms with Gasteiger partial charge in [-0.25, -0.2) is 4.98 Å². The largest absolute Gasteiger partial charge is 0.399 e. The van der Waals surface area contributed by atoms with E-state index in [0.29, 0.717) is 21.7 Å². The van der Waals surface area contributed by atoms with Crippen LogP contribution in [0.3, 0.4) is 0 Å². The molecule has 20 heavy (non-hydrogen) atoms. The number of halogens is 1. The van der Waals surface area contributed by atoms with Crippen LogP contribution < -0.4 is 11.1 Å². The highest BCUT2D eigenvalue weighted by Gasteiger charge is 2.11. The number of benzene rings is 1. The van der Waals surface area contributed by atoms with E-state index >= 15 is 0 Å². The lowest BCUT2D eigenvalue weighted by molar-refractivity contribution is 0.102. The molecule has 3 aromatic rings. The molecule has 0 aliphatic carbocycles. The smallest absolute Gasteiger partial charge is 0.272 e. The highest BCUT2D eigenvalue weighted by atomic mass is 79.9. The molecule has 0 radical (unpaired) electrons. The molecule has 0 atom stereocenters. The molecular weight excluding hydrogens is 320 g/mol. The van der Waals surface area contributed by atoms with Crippen molar-refractivity contribution in [3.05, 3.63) is 52.9 Å². The number of nitrogens with two attached hydrogens (primary N) is 1. The third-order valence-corrected chi connectivity index (χ3v) is 3.53. The van der Waals surface area contributed by atoms with Crippen molar-refractivity contribution in [2.24, 2.45) is 0 Å². The van der Waals surface area contributed by atoms with E-state index in [9.17, 15) is 4.79 Å². The predicted molar refractivity (Wildman–Crippen MR) is 82.6 cm³/mol. The van der Waals surface area contributed by atoms with E-state index < -0.39 is 0 Å². The van der Waals surface area contributed by atoms with Crippen molar-refractivity contribution in [3.63, 3.8) is 0 Å². The summed E-state index contributed by atoms with van der Waals surface area (Å²) in [6, 6.07) is 10.8. The van der Waals surface area contributed by atoms with Crippen LogP contribution in [0.25, 0.3) is 10.9 Å². The van der Waals surface area contributed by atoms with E-state index in [2.05, 4.69) is 31.2 Å². The minimum absolute atomic E-state index is 0.228. The first-order valence-electron chi connectivity index (χ1n) is 5.93. The Bertz CT molecular complexity index is 797. The average Bonchev–Trinajstić information content (AvgIpc) is 2.84. The number of rotatable bonds is 2. The summed E-state index contributed by atoms with van der Waals surface area (Å²) in [6.07, 6.45) is 1.64. The lowest BCUT2D eigenvalue weighted by Gasteiger charge is -2.04. The molecule has 0 bridgehead atoms. The number of hydrogen-bond acceptors (Lipinski definition) is 3. The van der Waals surface area contributed by atoms with Crippen molar-refractivity contribution in [2.45, 2.75) is 0 Å². The summed E-state index contributed by atoms with van der Waals surface area (Å²) in [5.41, 5.74) is 8.35. The SMILES string of the molecule is Nc1ccc2[nH]c(C(=O)Nc3cccnc3Br)cc2c1. The first-order chi connectivity index (χ1) is 9.63. The van der Waals surface area contributed by atoms with Crippen LogP contribution in [0.5, 0.6) is 0 Å². The normalized spacial score (nSPS) is 10.7. The number of aromatic amines is 1. The molecular formula is C14H11BrN4O. The molecule has 0 saturated carbocycles. The maximum Gasteiger partial charge on any atom is 0.272 e. The van der Waals surface area contributed by atoms with E-state index in [1.165, 1.54) is 0 Å². The third-order valence-electron chi connectivity index (χ3n) is 2.90. The van der Waals surface area contributed by atoms with Gasteiger partial charge in [0.1, 0.15) is 10.3 Å². The van der Waals surface area contributed by atoms with Crippen molar-refractivity contribution < 1.29 is 4.79 Å². The minimum Gasteiger partial charge on any atom is -0.399 e. The Labute approximate surface area is 123 Å². The van der Waals surface area contributed by atoms with Crippen molar-refractivity contribution in [1.29, 1.82) is 0 Å². The van der Waals surface area contributed by atoms with Crippen molar-refractivity contribution >= 4 is 44.1 Å². The molecule has 0 unspecified atom stereocenters. The van der Waals surface area contributed by atoms with Gasteiger partial charge in [-0.3, -0.25) is 4.79 Å². The highest BCUT2D eigenvalue weighted by molar-refractivity contribution is 9.10. The number of pyridine rings is 1. The number of anilines is 2. The van der Waals surface area contributed by atoms with Crippen LogP contribution in [0.15, 0.2) is 47.2 Å². The average molecular weight is 331 g/mol. The van der Waals surface area contributed by atoms with Gasteiger partial charge in [0.25, 0.3) is 5.91 Å². The van der Waals surface area contributed by atoms with Gasteiger partial charge in [0, 0.05) is 22.8 Å². The highest BCUT2D eigenvalue weighted by Crippen LogP contribution is 2.21. The van der Waals surface area contributed by atoms with Crippen LogP contribution in [0.4, 0.5) is 11.4 Å². The van der Waals surface area contributed by atoms with Gasteiger partial charge >= 0.3 is 0 Å². The number of nitrogen functional groups attached to an aromatic ring is 1. The zero-order chi connectivity index (χ0) is 14.1. The van der Waals surface area contributed by atoms with E-state index in [1.807, 2.05) is 12.1 Å². The van der Waals surface area contributed by atoms with Crippen LogP contribution >= 0.6 is 15.9 Å². The van der Waals surface area contributed by atoms with E-state index in [-0.39, 0.29) is 5.91 Å². The van der Waals surface area contributed by atoms with Crippen molar-refractivity contribution in [2.75, 3.05) is 11.1 Å². The molecule has 100 valence electrons. The van der Waals surface area contributed by atoms with Gasteiger partial charge in [-0.15, -0.1) is 0 Å². The van der Waals surface area contributed by atoms with Gasteiger partial charge in [-0.1, -0.05) is 0 Å². The van der Waals surface area contributed by atoms with Crippen LogP contribution in [-0.2, 0) is 0 Å². The number of amides is 1. The lowest BCUT2D eigenvalue weighted by Crippen LogP contribution is -2.12. The van der Waals surface area contributed by atoms with Crippen LogP contribution in [0, 0.1) is 0 Å². The first kappa shape index (κ1) is 12.7. The van der Waals surface area contributed by atoms with E-state index in [4.69, 9.17) is 5.73 Å². The molecule has 0 aliphatic heterocycles. The maximum atomic E-state index is 12.2. The number of carbonyl (C=O) groups excluding carboxylic acids is 1. The summed E-state index contributed by atoms with van der Waals surface area (Å²) >= 11 is 3.29. The number of nitrogens with one attached hydrogen (secondary N) is 2. The third kappa shape index (κ3) is 2.37. The lowest BCUT2D eigenvalue weighted by atomic mass is 10.2. The van der Waals surface area contributed by atoms with E-state index in [1.54, 1.807) is 30.5 Å². The van der Waals surface area contributed by atoms with Gasteiger partial charge in [0.15, 0.2) is 0 Å². The number of H-pyrrole nitrogens is 1. The molecule has 3 rings (SSSR count). The number of aromatic nitrogens is 2. The molecule has 2 heterocycles. The van der Waals surface area contributed by atoms with Crippen LogP contribution in [0.1, 0.15) is 10.5 Å². The molecule has 6 heteroatoms. The standard InChI is InChI=1S/C14H11BrN4O/c15-13-11(2-1-5-17-13)19-14(20)12-7-8-6-9(16)3-4-10(8)18-12/h1-7,18H,16H2,(H,19,20). The fraction of sp³-hybridized carbons (Fsp3) is 0. The maximum absolute atomic E-state index is 12.2. The number of nitrogens with zero attached hydrogens (tertiary/aromatic N) is 1. The zero-order valence-electron chi connectivity index (χ0n) is 10.4. The van der Waals surface area contributed by atoms with Gasteiger partial charge in [-0.2, -0.15) is 0 Å². The molecule has 0 spiro atoms. The Morgan fingerprint density at radius 3 is 2.95 bits per heavy atom. The van der Waals surface area contributed by atoms with Gasteiger partial charge in [-0.05, 0) is 52.3 Å². The summed E-state index contributed by atoms with van der Waals surface area (Å²) in [4.78, 5) is 19.3. The summed E-state index contributed by atoms with van der Waals surface area (Å²) in [5.74, 6) is -0.228. The van der Waals surface area contributed by atoms with Gasteiger partial charge < -0.3 is 16.0 Å². The molecule has 0 fully saturated rings. The minimum atomic E-state index is -0.228. The zero-order valence-corrected chi connectivity index (χ0v) is 11.9. The molecule has 0 aliphatic rings. The second kappa shape index (κ2) is 4.97. The summed E-state index contributed by atoms with van der Waals surface area (Å²) in [7, 11) is 0.